The van der Waals surface area contributed by atoms with E-state index in [1.165, 1.54) is 0 Å². The summed E-state index contributed by atoms with van der Waals surface area (Å²) in [6, 6.07) is 20.1. The van der Waals surface area contributed by atoms with Gasteiger partial charge < -0.3 is 24.4 Å². The van der Waals surface area contributed by atoms with Crippen LogP contribution in [0.15, 0.2) is 108 Å². The van der Waals surface area contributed by atoms with Gasteiger partial charge in [-0.05, 0) is 141 Å². The van der Waals surface area contributed by atoms with Gasteiger partial charge in [-0.25, -0.2) is 0 Å². The largest absolute Gasteiger partial charge is 0.497 e. The Hall–Kier alpha value is -4.56. The molecule has 0 fully saturated rings. The molecule has 0 saturated carbocycles. The molecule has 326 valence electrons. The average Bonchev–Trinajstić information content (AvgIpc) is 3.40. The Morgan fingerprint density at radius 2 is 1.45 bits per heavy atom. The Bertz CT molecular complexity index is 2330. The Kier molecular flexibility index (Phi) is 15.4. The number of anilines is 2. The molecular formula is C47H62N2O9S2. The van der Waals surface area contributed by atoms with Gasteiger partial charge in [-0.2, -0.15) is 16.8 Å². The number of hydrogen-bond donors (Lipinski definition) is 3. The molecule has 0 atom stereocenters. The van der Waals surface area contributed by atoms with Gasteiger partial charge in [0.2, 0.25) is 0 Å². The van der Waals surface area contributed by atoms with Crippen LogP contribution in [0.2, 0.25) is 0 Å². The van der Waals surface area contributed by atoms with Crippen molar-refractivity contribution in [2.45, 2.75) is 96.8 Å². The van der Waals surface area contributed by atoms with E-state index < -0.39 is 20.2 Å². The van der Waals surface area contributed by atoms with Crippen LogP contribution in [-0.4, -0.2) is 64.8 Å². The molecule has 3 aromatic rings. The van der Waals surface area contributed by atoms with Crippen molar-refractivity contribution in [3.63, 3.8) is 0 Å². The molecule has 0 radical (unpaired) electrons. The molecule has 60 heavy (non-hydrogen) atoms. The highest BCUT2D eigenvalue weighted by atomic mass is 32.2. The van der Waals surface area contributed by atoms with Crippen LogP contribution in [-0.2, 0) is 31.1 Å². The van der Waals surface area contributed by atoms with Crippen molar-refractivity contribution < 1.29 is 40.2 Å². The van der Waals surface area contributed by atoms with E-state index in [2.05, 4.69) is 81.3 Å². The van der Waals surface area contributed by atoms with E-state index in [4.69, 9.17) is 18.8 Å². The van der Waals surface area contributed by atoms with Crippen molar-refractivity contribution in [1.82, 2.24) is 0 Å². The first-order valence-electron chi connectivity index (χ1n) is 20.7. The summed E-state index contributed by atoms with van der Waals surface area (Å²) in [5.41, 5.74) is 7.89. The first-order chi connectivity index (χ1) is 28.3. The highest BCUT2D eigenvalue weighted by Gasteiger charge is 2.40. The molecule has 11 nitrogen and oxygen atoms in total. The highest BCUT2D eigenvalue weighted by Crippen LogP contribution is 2.49. The van der Waals surface area contributed by atoms with Crippen molar-refractivity contribution in [2.24, 2.45) is 0 Å². The number of methoxy groups -OCH3 is 2. The predicted octanol–water partition coefficient (Wildman–Crippen LogP) is 10.1. The Morgan fingerprint density at radius 1 is 0.817 bits per heavy atom. The number of ether oxygens (including phenoxy) is 3. The fourth-order valence-electron chi connectivity index (χ4n) is 7.93. The van der Waals surface area contributed by atoms with E-state index in [9.17, 15) is 21.4 Å². The third kappa shape index (κ3) is 12.5. The minimum atomic E-state index is -4.05. The smallest absolute Gasteiger partial charge is 0.264 e. The van der Waals surface area contributed by atoms with E-state index in [0.29, 0.717) is 45.2 Å². The van der Waals surface area contributed by atoms with Gasteiger partial charge >= 0.3 is 0 Å². The van der Waals surface area contributed by atoms with Gasteiger partial charge in [0.05, 0.1) is 25.7 Å². The van der Waals surface area contributed by atoms with Crippen molar-refractivity contribution in [3.8, 4) is 17.2 Å². The van der Waals surface area contributed by atoms with Crippen LogP contribution in [0.5, 0.6) is 17.2 Å². The van der Waals surface area contributed by atoms with Crippen molar-refractivity contribution >= 4 is 31.6 Å². The quantitative estimate of drug-likeness (QED) is 0.0735. The van der Waals surface area contributed by atoms with Crippen LogP contribution in [0.25, 0.3) is 0 Å². The second-order valence-corrected chi connectivity index (χ2v) is 20.0. The van der Waals surface area contributed by atoms with Gasteiger partial charge in [0, 0.05) is 35.6 Å². The summed E-state index contributed by atoms with van der Waals surface area (Å²) in [5, 5.41) is 3.48. The van der Waals surface area contributed by atoms with Crippen LogP contribution in [0, 0.1) is 6.92 Å². The normalized spacial score (nSPS) is 17.1. The Morgan fingerprint density at radius 3 is 2.12 bits per heavy atom. The minimum absolute atomic E-state index is 0.261. The maximum Gasteiger partial charge on any atom is 0.264 e. The van der Waals surface area contributed by atoms with E-state index in [1.807, 2.05) is 48.5 Å². The summed E-state index contributed by atoms with van der Waals surface area (Å²) in [6.45, 7) is 12.0. The van der Waals surface area contributed by atoms with Crippen LogP contribution in [0.1, 0.15) is 95.8 Å². The lowest BCUT2D eigenvalue weighted by molar-refractivity contribution is 0.412. The van der Waals surface area contributed by atoms with Crippen molar-refractivity contribution in [1.29, 1.82) is 0 Å². The van der Waals surface area contributed by atoms with Crippen LogP contribution < -0.4 is 24.4 Å². The lowest BCUT2D eigenvalue weighted by Crippen LogP contribution is -2.27. The summed E-state index contributed by atoms with van der Waals surface area (Å²) in [6.07, 6.45) is 14.0. The van der Waals surface area contributed by atoms with Gasteiger partial charge in [0.1, 0.15) is 23.0 Å². The van der Waals surface area contributed by atoms with Gasteiger partial charge in [0.25, 0.3) is 20.2 Å². The van der Waals surface area contributed by atoms with Gasteiger partial charge in [0.15, 0.2) is 0 Å². The molecule has 3 aromatic carbocycles. The van der Waals surface area contributed by atoms with Crippen molar-refractivity contribution in [2.75, 3.05) is 49.0 Å². The molecular weight excluding hydrogens is 801 g/mol. The molecule has 0 spiro atoms. The Balaban J connectivity index is 1.47. The first kappa shape index (κ1) is 46.5. The highest BCUT2D eigenvalue weighted by molar-refractivity contribution is 7.86. The van der Waals surface area contributed by atoms with E-state index in [0.717, 1.165) is 87.2 Å². The molecule has 0 unspecified atom stereocenters. The standard InChI is InChI=1S/C47H62N2O9S2/c1-34-17-20-37(21-18-34)58-45-35(16-13-27-46(2,3)40-32-38(56-6)22-24-42(40)48-28-8-10-30-59(50,51)52)14-12-15-36(45)19-26-44-47(4,5)41-33-39(57-7)23-25-43(41)49(44)29-9-11-31-60(53,54)55/h13,16-26,32-33,48H,8-12,14-15,27-31H2,1-7H3,(H,50,51,52)(H,53,54,55). The fourth-order valence-corrected chi connectivity index (χ4v) is 9.07. The third-order valence-corrected chi connectivity index (χ3v) is 12.9. The number of aryl methyl sites for hydroxylation is 1. The number of unbranched alkanes of at least 4 members (excludes halogenated alkanes) is 2. The molecule has 1 heterocycles. The van der Waals surface area contributed by atoms with E-state index in [1.54, 1.807) is 14.2 Å². The lowest BCUT2D eigenvalue weighted by atomic mass is 9.80. The first-order valence-corrected chi connectivity index (χ1v) is 23.9. The van der Waals surface area contributed by atoms with Gasteiger partial charge in [-0.1, -0.05) is 63.6 Å². The average molecular weight is 863 g/mol. The SMILES string of the molecule is COc1ccc(NCCCCS(=O)(=O)O)c(C(C)(C)CC=CC2=C(Oc3ccc(C)cc3)C(=CC=C3N(CCCCS(=O)(=O)O)c4ccc(OC)cc4C3(C)C)CCC2)c1. The minimum Gasteiger partial charge on any atom is -0.497 e. The van der Waals surface area contributed by atoms with Gasteiger partial charge in [-0.15, -0.1) is 0 Å². The topological polar surface area (TPSA) is 152 Å². The summed E-state index contributed by atoms with van der Waals surface area (Å²) in [7, 11) is -4.73. The molecule has 2 aliphatic rings. The second-order valence-electron chi connectivity index (χ2n) is 16.8. The predicted molar refractivity (Wildman–Crippen MR) is 242 cm³/mol. The lowest BCUT2D eigenvalue weighted by Gasteiger charge is -2.28. The number of fused-ring (bicyclic) bond motifs is 1. The Labute approximate surface area is 357 Å². The molecule has 5 rings (SSSR count). The van der Waals surface area contributed by atoms with Gasteiger partial charge in [-0.3, -0.25) is 9.11 Å². The third-order valence-electron chi connectivity index (χ3n) is 11.3. The zero-order chi connectivity index (χ0) is 43.7. The molecule has 0 aromatic heterocycles. The molecule has 0 saturated heterocycles. The van der Waals surface area contributed by atoms with E-state index >= 15 is 0 Å². The maximum atomic E-state index is 11.5. The summed E-state index contributed by atoms with van der Waals surface area (Å²) < 4.78 is 81.9. The summed E-state index contributed by atoms with van der Waals surface area (Å²) >= 11 is 0. The monoisotopic (exact) mass is 862 g/mol. The van der Waals surface area contributed by atoms with Crippen LogP contribution in [0.3, 0.4) is 0 Å². The number of hydrogen-bond acceptors (Lipinski definition) is 9. The summed E-state index contributed by atoms with van der Waals surface area (Å²) in [4.78, 5) is 2.26. The van der Waals surface area contributed by atoms with E-state index in [-0.39, 0.29) is 22.3 Å². The number of rotatable bonds is 20. The fraction of sp³-hybridized carbons (Fsp3) is 0.447. The van der Waals surface area contributed by atoms with Crippen LogP contribution in [0.4, 0.5) is 11.4 Å². The number of nitrogens with one attached hydrogen (secondary N) is 1. The molecule has 13 heteroatoms. The number of allylic oxidation sites excluding steroid dienone is 7. The molecule has 0 amide bonds. The van der Waals surface area contributed by atoms with Crippen LogP contribution >= 0.6 is 0 Å². The zero-order valence-corrected chi connectivity index (χ0v) is 37.7. The maximum absolute atomic E-state index is 11.5. The molecule has 3 N–H and O–H groups in total. The summed E-state index contributed by atoms with van der Waals surface area (Å²) in [5.74, 6) is 2.56. The molecule has 1 aliphatic heterocycles. The molecule has 1 aliphatic carbocycles. The molecule has 0 bridgehead atoms. The second kappa shape index (κ2) is 19.9. The number of nitrogens with zero attached hydrogens (tertiary/aromatic N) is 1. The van der Waals surface area contributed by atoms with Crippen molar-refractivity contribution in [3.05, 3.63) is 124 Å². The zero-order valence-electron chi connectivity index (χ0n) is 36.1. The number of benzene rings is 3.